The predicted molar refractivity (Wildman–Crippen MR) is 96.3 cm³/mol. The Bertz CT molecular complexity index is 776. The Balaban J connectivity index is 1.53. The first-order chi connectivity index (χ1) is 12.8. The average Bonchev–Trinajstić information content (AvgIpc) is 3.09. The minimum absolute atomic E-state index is 0.0297. The minimum atomic E-state index is -4.17. The maximum absolute atomic E-state index is 12.9. The van der Waals surface area contributed by atoms with Gasteiger partial charge >= 0.3 is 6.18 Å². The number of hydrogen-bond acceptors (Lipinski definition) is 5. The zero-order valence-corrected chi connectivity index (χ0v) is 15.7. The van der Waals surface area contributed by atoms with Crippen molar-refractivity contribution in [2.24, 2.45) is 5.92 Å². The quantitative estimate of drug-likeness (QED) is 0.837. The molecule has 1 aromatic heterocycles. The van der Waals surface area contributed by atoms with Gasteiger partial charge < -0.3 is 5.32 Å². The van der Waals surface area contributed by atoms with Gasteiger partial charge in [0.1, 0.15) is 5.01 Å². The first-order valence-corrected chi connectivity index (χ1v) is 9.58. The molecule has 0 aliphatic carbocycles. The fraction of sp³-hybridized carbons (Fsp3) is 0.500. The largest absolute Gasteiger partial charge is 0.393 e. The summed E-state index contributed by atoms with van der Waals surface area (Å²) in [6.07, 6.45) is -3.49. The van der Waals surface area contributed by atoms with Gasteiger partial charge in [-0.1, -0.05) is 41.2 Å². The number of benzene rings is 1. The molecule has 1 saturated heterocycles. The molecule has 27 heavy (non-hydrogen) atoms. The van der Waals surface area contributed by atoms with Crippen molar-refractivity contribution in [3.05, 3.63) is 45.4 Å². The van der Waals surface area contributed by atoms with Crippen LogP contribution in [-0.4, -0.2) is 40.3 Å². The number of carbonyl (C=O) groups is 1. The summed E-state index contributed by atoms with van der Waals surface area (Å²) in [6.45, 7) is 3.23. The van der Waals surface area contributed by atoms with Gasteiger partial charge in [-0.05, 0) is 31.9 Å². The molecule has 2 heterocycles. The highest BCUT2D eigenvalue weighted by Gasteiger charge is 2.41. The lowest BCUT2D eigenvalue weighted by atomic mass is 9.98. The molecule has 146 valence electrons. The topological polar surface area (TPSA) is 58.1 Å². The summed E-state index contributed by atoms with van der Waals surface area (Å²) < 4.78 is 38.7. The molecule has 1 fully saturated rings. The maximum atomic E-state index is 12.9. The predicted octanol–water partition coefficient (Wildman–Crippen LogP) is 3.55. The van der Waals surface area contributed by atoms with Gasteiger partial charge in [-0.2, -0.15) is 13.2 Å². The molecule has 9 heteroatoms. The molecule has 1 amide bonds. The molecule has 1 aliphatic rings. The van der Waals surface area contributed by atoms with E-state index in [0.717, 1.165) is 22.5 Å². The number of carbonyl (C=O) groups excluding carboxylic acids is 1. The van der Waals surface area contributed by atoms with Crippen LogP contribution in [-0.2, 0) is 13.1 Å². The highest BCUT2D eigenvalue weighted by atomic mass is 32.1. The van der Waals surface area contributed by atoms with Crippen LogP contribution in [0.5, 0.6) is 0 Å². The van der Waals surface area contributed by atoms with E-state index < -0.39 is 12.1 Å². The van der Waals surface area contributed by atoms with Crippen molar-refractivity contribution >= 4 is 17.2 Å². The molecule has 2 aromatic rings. The maximum Gasteiger partial charge on any atom is 0.393 e. The molecule has 0 bridgehead atoms. The van der Waals surface area contributed by atoms with Crippen LogP contribution >= 0.6 is 11.3 Å². The summed E-state index contributed by atoms with van der Waals surface area (Å²) >= 11 is 1.12. The lowest BCUT2D eigenvalue weighted by molar-refractivity contribution is -0.187. The van der Waals surface area contributed by atoms with Gasteiger partial charge in [0.05, 0.1) is 12.5 Å². The molecule has 0 spiro atoms. The molecule has 1 unspecified atom stereocenters. The van der Waals surface area contributed by atoms with Gasteiger partial charge in [0, 0.05) is 13.1 Å². The zero-order valence-electron chi connectivity index (χ0n) is 14.9. The second-order valence-electron chi connectivity index (χ2n) is 6.79. The van der Waals surface area contributed by atoms with E-state index in [4.69, 9.17) is 0 Å². The fourth-order valence-corrected chi connectivity index (χ4v) is 3.83. The number of likely N-dealkylation sites (tertiary alicyclic amines) is 1. The number of halogens is 3. The van der Waals surface area contributed by atoms with Crippen LogP contribution in [0.3, 0.4) is 0 Å². The minimum Gasteiger partial charge on any atom is -0.346 e. The lowest BCUT2D eigenvalue weighted by Gasteiger charge is -2.32. The number of piperidine rings is 1. The number of alkyl halides is 3. The van der Waals surface area contributed by atoms with Crippen LogP contribution in [0, 0.1) is 12.8 Å². The summed E-state index contributed by atoms with van der Waals surface area (Å²) in [7, 11) is 0. The smallest absolute Gasteiger partial charge is 0.346 e. The molecule has 1 N–H and O–H groups in total. The van der Waals surface area contributed by atoms with E-state index in [-0.39, 0.29) is 30.4 Å². The van der Waals surface area contributed by atoms with Crippen LogP contribution in [0.25, 0.3) is 0 Å². The normalized spacial score (nSPS) is 18.4. The summed E-state index contributed by atoms with van der Waals surface area (Å²) in [5.41, 5.74) is 2.12. The van der Waals surface area contributed by atoms with E-state index in [1.807, 2.05) is 31.2 Å². The SMILES string of the molecule is Cc1ccc(CNC(=O)c2nnc(CN3CCCC(C(F)(F)F)C3)s2)cc1. The van der Waals surface area contributed by atoms with E-state index in [1.165, 1.54) is 0 Å². The average molecular weight is 398 g/mol. The van der Waals surface area contributed by atoms with Crippen molar-refractivity contribution in [3.8, 4) is 0 Å². The monoisotopic (exact) mass is 398 g/mol. The number of amides is 1. The van der Waals surface area contributed by atoms with E-state index >= 15 is 0 Å². The molecule has 0 saturated carbocycles. The van der Waals surface area contributed by atoms with Crippen molar-refractivity contribution < 1.29 is 18.0 Å². The molecule has 5 nitrogen and oxygen atoms in total. The van der Waals surface area contributed by atoms with Crippen LogP contribution in [0.2, 0.25) is 0 Å². The van der Waals surface area contributed by atoms with Gasteiger partial charge in [-0.15, -0.1) is 10.2 Å². The molecule has 3 rings (SSSR count). The number of rotatable bonds is 5. The Morgan fingerprint density at radius 2 is 2.04 bits per heavy atom. The fourth-order valence-electron chi connectivity index (χ4n) is 3.03. The highest BCUT2D eigenvalue weighted by molar-refractivity contribution is 7.13. The number of hydrogen-bond donors (Lipinski definition) is 1. The van der Waals surface area contributed by atoms with Crippen molar-refractivity contribution in [1.29, 1.82) is 0 Å². The second kappa shape index (κ2) is 8.35. The van der Waals surface area contributed by atoms with Gasteiger partial charge in [0.2, 0.25) is 5.01 Å². The number of aryl methyl sites for hydroxylation is 1. The Labute approximate surface area is 159 Å². The Kier molecular flexibility index (Phi) is 6.11. The van der Waals surface area contributed by atoms with Crippen molar-refractivity contribution in [1.82, 2.24) is 20.4 Å². The third-order valence-electron chi connectivity index (χ3n) is 4.56. The Morgan fingerprint density at radius 1 is 1.30 bits per heavy atom. The van der Waals surface area contributed by atoms with Gasteiger partial charge in [0.15, 0.2) is 0 Å². The van der Waals surface area contributed by atoms with Crippen LogP contribution in [0.1, 0.15) is 38.8 Å². The summed E-state index contributed by atoms with van der Waals surface area (Å²) in [5.74, 6) is -1.62. The zero-order chi connectivity index (χ0) is 19.4. The summed E-state index contributed by atoms with van der Waals surface area (Å²) in [4.78, 5) is 13.9. The van der Waals surface area contributed by atoms with E-state index in [1.54, 1.807) is 4.90 Å². The third kappa shape index (κ3) is 5.49. The first kappa shape index (κ1) is 19.8. The molecule has 1 atom stereocenters. The molecule has 0 radical (unpaired) electrons. The number of nitrogens with one attached hydrogen (secondary N) is 1. The number of nitrogens with zero attached hydrogens (tertiary/aromatic N) is 3. The highest BCUT2D eigenvalue weighted by Crippen LogP contribution is 2.33. The first-order valence-electron chi connectivity index (χ1n) is 8.76. The van der Waals surface area contributed by atoms with Crippen LogP contribution in [0.15, 0.2) is 24.3 Å². The Hall–Kier alpha value is -2.00. The van der Waals surface area contributed by atoms with Crippen LogP contribution in [0.4, 0.5) is 13.2 Å². The van der Waals surface area contributed by atoms with E-state index in [2.05, 4.69) is 15.5 Å². The van der Waals surface area contributed by atoms with Gasteiger partial charge in [0.25, 0.3) is 5.91 Å². The molecular weight excluding hydrogens is 377 g/mol. The van der Waals surface area contributed by atoms with E-state index in [9.17, 15) is 18.0 Å². The summed E-state index contributed by atoms with van der Waals surface area (Å²) in [6, 6.07) is 7.82. The molecular formula is C18H21F3N4OS. The van der Waals surface area contributed by atoms with Crippen molar-refractivity contribution in [2.75, 3.05) is 13.1 Å². The second-order valence-corrected chi connectivity index (χ2v) is 7.85. The standard InChI is InChI=1S/C18H21F3N4OS/c1-12-4-6-13(7-5-12)9-22-16(26)17-24-23-15(27-17)11-25-8-2-3-14(10-25)18(19,20)21/h4-7,14H,2-3,8-11H2,1H3,(H,22,26). The molecule has 1 aromatic carbocycles. The molecule has 1 aliphatic heterocycles. The Morgan fingerprint density at radius 3 is 2.74 bits per heavy atom. The van der Waals surface area contributed by atoms with Gasteiger partial charge in [-0.3, -0.25) is 9.69 Å². The lowest BCUT2D eigenvalue weighted by Crippen LogP contribution is -2.41. The third-order valence-corrected chi connectivity index (χ3v) is 5.47. The van der Waals surface area contributed by atoms with Gasteiger partial charge in [-0.25, -0.2) is 0 Å². The number of aromatic nitrogens is 2. The summed E-state index contributed by atoms with van der Waals surface area (Å²) in [5, 5.41) is 11.4. The van der Waals surface area contributed by atoms with Crippen LogP contribution < -0.4 is 5.32 Å². The van der Waals surface area contributed by atoms with Crippen molar-refractivity contribution in [3.63, 3.8) is 0 Å². The van der Waals surface area contributed by atoms with Crippen molar-refractivity contribution in [2.45, 2.75) is 39.0 Å². The van der Waals surface area contributed by atoms with E-state index in [0.29, 0.717) is 24.5 Å².